The van der Waals surface area contributed by atoms with Gasteiger partial charge in [0.25, 0.3) is 0 Å². The monoisotopic (exact) mass is 301 g/mol. The van der Waals surface area contributed by atoms with E-state index in [2.05, 4.69) is 22.8 Å². The van der Waals surface area contributed by atoms with E-state index in [1.54, 1.807) is 0 Å². The second-order valence-electron chi connectivity index (χ2n) is 6.43. The van der Waals surface area contributed by atoms with Crippen molar-refractivity contribution in [2.75, 3.05) is 38.2 Å². The largest absolute Gasteiger partial charge is 0.382 e. The molecule has 1 aliphatic carbocycles. The molecule has 2 fully saturated rings. The Morgan fingerprint density at radius 3 is 2.73 bits per heavy atom. The number of nitrogens with one attached hydrogen (secondary N) is 3. The minimum absolute atomic E-state index is 0.485. The van der Waals surface area contributed by atoms with Gasteiger partial charge in [0.2, 0.25) is 0 Å². The van der Waals surface area contributed by atoms with Gasteiger partial charge in [-0.2, -0.15) is 0 Å². The number of ether oxygens (including phenoxy) is 1. The summed E-state index contributed by atoms with van der Waals surface area (Å²) in [6.45, 7) is 4.67. The van der Waals surface area contributed by atoms with E-state index in [0.717, 1.165) is 55.7 Å². The van der Waals surface area contributed by atoms with Gasteiger partial charge in [-0.05, 0) is 50.8 Å². The molecule has 120 valence electrons. The van der Waals surface area contributed by atoms with Crippen LogP contribution in [0.5, 0.6) is 0 Å². The summed E-state index contributed by atoms with van der Waals surface area (Å²) in [4.78, 5) is 0. The standard InChI is InChI=1S/C18H27N3O/c19-18(15-5-6-15)16-3-1-2-4-17(16)21-11-12-22-13-14-7-9-20-10-8-14/h1-4,14-15,19-21H,5-13H2. The van der Waals surface area contributed by atoms with Crippen LogP contribution in [0.4, 0.5) is 5.69 Å². The Balaban J connectivity index is 1.40. The van der Waals surface area contributed by atoms with Gasteiger partial charge in [0.1, 0.15) is 0 Å². The van der Waals surface area contributed by atoms with Gasteiger partial charge in [-0.1, -0.05) is 18.2 Å². The topological polar surface area (TPSA) is 57.1 Å². The van der Waals surface area contributed by atoms with Crippen molar-refractivity contribution >= 4 is 11.4 Å². The Bertz CT molecular complexity index is 493. The smallest absolute Gasteiger partial charge is 0.0639 e. The molecule has 4 heteroatoms. The van der Waals surface area contributed by atoms with Crippen molar-refractivity contribution in [2.24, 2.45) is 11.8 Å². The minimum Gasteiger partial charge on any atom is -0.382 e. The van der Waals surface area contributed by atoms with Crippen LogP contribution < -0.4 is 10.6 Å². The number of rotatable bonds is 8. The maximum absolute atomic E-state index is 8.26. The van der Waals surface area contributed by atoms with Crippen LogP contribution in [-0.2, 0) is 4.74 Å². The van der Waals surface area contributed by atoms with Gasteiger partial charge >= 0.3 is 0 Å². The Morgan fingerprint density at radius 1 is 1.18 bits per heavy atom. The first-order valence-electron chi connectivity index (χ1n) is 8.55. The van der Waals surface area contributed by atoms with Crippen LogP contribution in [0.1, 0.15) is 31.2 Å². The molecule has 0 bridgehead atoms. The van der Waals surface area contributed by atoms with Crippen molar-refractivity contribution in [1.29, 1.82) is 5.41 Å². The Morgan fingerprint density at radius 2 is 1.95 bits per heavy atom. The lowest BCUT2D eigenvalue weighted by atomic mass is 9.99. The van der Waals surface area contributed by atoms with Crippen LogP contribution >= 0.6 is 0 Å². The van der Waals surface area contributed by atoms with Gasteiger partial charge in [-0.25, -0.2) is 0 Å². The lowest BCUT2D eigenvalue weighted by molar-refractivity contribution is 0.0951. The van der Waals surface area contributed by atoms with Crippen molar-refractivity contribution in [3.05, 3.63) is 29.8 Å². The van der Waals surface area contributed by atoms with E-state index in [-0.39, 0.29) is 0 Å². The molecule has 1 saturated carbocycles. The van der Waals surface area contributed by atoms with Gasteiger partial charge in [0.15, 0.2) is 0 Å². The van der Waals surface area contributed by atoms with Crippen LogP contribution in [0.3, 0.4) is 0 Å². The van der Waals surface area contributed by atoms with Crippen LogP contribution in [-0.4, -0.2) is 38.6 Å². The number of hydrogen-bond acceptors (Lipinski definition) is 4. The highest BCUT2D eigenvalue weighted by Crippen LogP contribution is 2.34. The lowest BCUT2D eigenvalue weighted by Gasteiger charge is -2.22. The highest BCUT2D eigenvalue weighted by Gasteiger charge is 2.28. The molecule has 0 atom stereocenters. The second-order valence-corrected chi connectivity index (χ2v) is 6.43. The molecular formula is C18H27N3O. The minimum atomic E-state index is 0.485. The normalized spacial score (nSPS) is 19.1. The van der Waals surface area contributed by atoms with E-state index in [0.29, 0.717) is 5.92 Å². The molecule has 4 nitrogen and oxygen atoms in total. The van der Waals surface area contributed by atoms with E-state index < -0.39 is 0 Å². The molecule has 1 aromatic rings. The number of hydrogen-bond donors (Lipinski definition) is 3. The number of anilines is 1. The molecule has 3 N–H and O–H groups in total. The maximum Gasteiger partial charge on any atom is 0.0639 e. The zero-order chi connectivity index (χ0) is 15.2. The molecule has 22 heavy (non-hydrogen) atoms. The highest BCUT2D eigenvalue weighted by atomic mass is 16.5. The predicted octanol–water partition coefficient (Wildman–Crippen LogP) is 2.89. The maximum atomic E-state index is 8.26. The zero-order valence-electron chi connectivity index (χ0n) is 13.2. The molecule has 3 rings (SSSR count). The molecule has 0 amide bonds. The SMILES string of the molecule is N=C(c1ccccc1NCCOCC1CCNCC1)C1CC1. The molecule has 1 aliphatic heterocycles. The summed E-state index contributed by atoms with van der Waals surface area (Å²) in [5, 5.41) is 15.1. The average Bonchev–Trinajstić information content (AvgIpc) is 3.40. The van der Waals surface area contributed by atoms with E-state index in [1.165, 1.54) is 25.7 Å². The van der Waals surface area contributed by atoms with Gasteiger partial charge in [-0.15, -0.1) is 0 Å². The van der Waals surface area contributed by atoms with Gasteiger partial charge < -0.3 is 20.8 Å². The fraction of sp³-hybridized carbons (Fsp3) is 0.611. The van der Waals surface area contributed by atoms with Crippen molar-refractivity contribution in [3.8, 4) is 0 Å². The molecule has 0 radical (unpaired) electrons. The number of piperidine rings is 1. The van der Waals surface area contributed by atoms with Crippen molar-refractivity contribution in [2.45, 2.75) is 25.7 Å². The molecule has 0 unspecified atom stereocenters. The predicted molar refractivity (Wildman–Crippen MR) is 90.9 cm³/mol. The summed E-state index contributed by atoms with van der Waals surface area (Å²) < 4.78 is 5.81. The summed E-state index contributed by atoms with van der Waals surface area (Å²) in [6, 6.07) is 8.17. The van der Waals surface area contributed by atoms with E-state index in [1.807, 2.05) is 12.1 Å². The molecule has 1 aromatic carbocycles. The molecule has 1 saturated heterocycles. The average molecular weight is 301 g/mol. The van der Waals surface area contributed by atoms with Crippen molar-refractivity contribution in [3.63, 3.8) is 0 Å². The van der Waals surface area contributed by atoms with Crippen LogP contribution in [0.2, 0.25) is 0 Å². The first-order valence-corrected chi connectivity index (χ1v) is 8.55. The molecule has 1 heterocycles. The Hall–Kier alpha value is -1.39. The fourth-order valence-electron chi connectivity index (χ4n) is 3.02. The van der Waals surface area contributed by atoms with Crippen LogP contribution in [0.25, 0.3) is 0 Å². The summed E-state index contributed by atoms with van der Waals surface area (Å²) in [5.41, 5.74) is 2.92. The van der Waals surface area contributed by atoms with Gasteiger partial charge in [0.05, 0.1) is 6.61 Å². The fourth-order valence-corrected chi connectivity index (χ4v) is 3.02. The Labute approximate surface area is 133 Å². The van der Waals surface area contributed by atoms with Gasteiger partial charge in [-0.3, -0.25) is 0 Å². The Kier molecular flexibility index (Phi) is 5.46. The molecular weight excluding hydrogens is 274 g/mol. The summed E-state index contributed by atoms with van der Waals surface area (Å²) in [5.74, 6) is 1.20. The lowest BCUT2D eigenvalue weighted by Crippen LogP contribution is -2.30. The summed E-state index contributed by atoms with van der Waals surface area (Å²) in [7, 11) is 0. The van der Waals surface area contributed by atoms with Crippen molar-refractivity contribution in [1.82, 2.24) is 5.32 Å². The van der Waals surface area contributed by atoms with Crippen LogP contribution in [0, 0.1) is 17.2 Å². The highest BCUT2D eigenvalue weighted by molar-refractivity contribution is 6.05. The summed E-state index contributed by atoms with van der Waals surface area (Å²) in [6.07, 6.45) is 4.81. The van der Waals surface area contributed by atoms with E-state index in [4.69, 9.17) is 10.1 Å². The van der Waals surface area contributed by atoms with E-state index in [9.17, 15) is 0 Å². The van der Waals surface area contributed by atoms with Gasteiger partial charge in [0, 0.05) is 36.0 Å². The zero-order valence-corrected chi connectivity index (χ0v) is 13.2. The second kappa shape index (κ2) is 7.75. The third kappa shape index (κ3) is 4.31. The molecule has 0 aromatic heterocycles. The first kappa shape index (κ1) is 15.5. The number of benzene rings is 1. The molecule has 2 aliphatic rings. The number of para-hydroxylation sites is 1. The summed E-state index contributed by atoms with van der Waals surface area (Å²) >= 11 is 0. The quantitative estimate of drug-likeness (QED) is 0.511. The van der Waals surface area contributed by atoms with Crippen LogP contribution in [0.15, 0.2) is 24.3 Å². The third-order valence-corrected chi connectivity index (χ3v) is 4.58. The first-order chi connectivity index (χ1) is 10.8. The molecule has 0 spiro atoms. The third-order valence-electron chi connectivity index (χ3n) is 4.58. The van der Waals surface area contributed by atoms with E-state index >= 15 is 0 Å². The van der Waals surface area contributed by atoms with Crippen molar-refractivity contribution < 1.29 is 4.74 Å².